The molecular weight excluding hydrogens is 288 g/mol. The molecule has 4 N–H and O–H groups in total. The Morgan fingerprint density at radius 2 is 1.70 bits per heavy atom. The predicted octanol–water partition coefficient (Wildman–Crippen LogP) is 2.84. The molecule has 0 heterocycles. The van der Waals surface area contributed by atoms with Crippen LogP contribution in [0, 0.1) is 0 Å². The standard InChI is InChI=1S/C19H26N2O2/c1-3-21(4-2)15-10-11-16(17(22)13-15)19(20)18(23)12-14-8-6-5-7-9-14/h5-11,13,18-19,22-23H,3-4,12,20H2,1-2H3/t18-,19+/m1/s1. The fraction of sp³-hybridized carbons (Fsp3) is 0.368. The van der Waals surface area contributed by atoms with Crippen molar-refractivity contribution < 1.29 is 10.2 Å². The maximum atomic E-state index is 10.4. The monoisotopic (exact) mass is 314 g/mol. The molecule has 0 spiro atoms. The van der Waals surface area contributed by atoms with Crippen molar-refractivity contribution >= 4 is 5.69 Å². The van der Waals surface area contributed by atoms with Crippen molar-refractivity contribution in [3.63, 3.8) is 0 Å². The number of anilines is 1. The Morgan fingerprint density at radius 1 is 1.04 bits per heavy atom. The highest BCUT2D eigenvalue weighted by Gasteiger charge is 2.21. The van der Waals surface area contributed by atoms with Crippen LogP contribution in [0.1, 0.15) is 31.0 Å². The third-order valence-electron chi connectivity index (χ3n) is 4.20. The first kappa shape index (κ1) is 17.3. The van der Waals surface area contributed by atoms with E-state index in [1.165, 1.54) is 0 Å². The fourth-order valence-corrected chi connectivity index (χ4v) is 2.79. The summed E-state index contributed by atoms with van der Waals surface area (Å²) in [6, 6.07) is 14.6. The molecular formula is C19H26N2O2. The number of nitrogens with zero attached hydrogens (tertiary/aromatic N) is 1. The highest BCUT2D eigenvalue weighted by atomic mass is 16.3. The number of rotatable bonds is 7. The second-order valence-corrected chi connectivity index (χ2v) is 5.70. The minimum atomic E-state index is -0.748. The first-order chi connectivity index (χ1) is 11.1. The molecule has 4 nitrogen and oxygen atoms in total. The van der Waals surface area contributed by atoms with Crippen LogP contribution in [0.15, 0.2) is 48.5 Å². The van der Waals surface area contributed by atoms with E-state index in [9.17, 15) is 10.2 Å². The normalized spacial score (nSPS) is 13.6. The maximum absolute atomic E-state index is 10.4. The van der Waals surface area contributed by atoms with Crippen LogP contribution in [0.25, 0.3) is 0 Å². The number of aliphatic hydroxyl groups is 1. The quantitative estimate of drug-likeness (QED) is 0.735. The van der Waals surface area contributed by atoms with Gasteiger partial charge in [-0.05, 0) is 25.5 Å². The summed E-state index contributed by atoms with van der Waals surface area (Å²) in [6.45, 7) is 5.89. The van der Waals surface area contributed by atoms with Crippen molar-refractivity contribution in [3.8, 4) is 5.75 Å². The lowest BCUT2D eigenvalue weighted by Gasteiger charge is -2.24. The lowest BCUT2D eigenvalue weighted by Crippen LogP contribution is -2.28. The van der Waals surface area contributed by atoms with Crippen LogP contribution >= 0.6 is 0 Å². The molecule has 2 aromatic rings. The van der Waals surface area contributed by atoms with Gasteiger partial charge in [0.25, 0.3) is 0 Å². The van der Waals surface area contributed by atoms with Crippen molar-refractivity contribution in [2.75, 3.05) is 18.0 Å². The molecule has 4 heteroatoms. The number of aliphatic hydroxyl groups excluding tert-OH is 1. The SMILES string of the molecule is CCN(CC)c1ccc([C@H](N)[C@H](O)Cc2ccccc2)c(O)c1. The van der Waals surface area contributed by atoms with Crippen LogP contribution in [0.4, 0.5) is 5.69 Å². The van der Waals surface area contributed by atoms with E-state index in [-0.39, 0.29) is 5.75 Å². The Hall–Kier alpha value is -2.04. The third kappa shape index (κ3) is 4.24. The minimum absolute atomic E-state index is 0.133. The first-order valence-electron chi connectivity index (χ1n) is 8.12. The number of benzene rings is 2. The van der Waals surface area contributed by atoms with Crippen LogP contribution in [0.3, 0.4) is 0 Å². The van der Waals surface area contributed by atoms with Gasteiger partial charge in [-0.2, -0.15) is 0 Å². The number of aromatic hydroxyl groups is 1. The molecule has 23 heavy (non-hydrogen) atoms. The van der Waals surface area contributed by atoms with Gasteiger partial charge in [-0.15, -0.1) is 0 Å². The smallest absolute Gasteiger partial charge is 0.122 e. The number of phenols is 1. The van der Waals surface area contributed by atoms with E-state index in [4.69, 9.17) is 5.73 Å². The lowest BCUT2D eigenvalue weighted by atomic mass is 9.96. The molecule has 0 saturated heterocycles. The Balaban J connectivity index is 2.14. The van der Waals surface area contributed by atoms with Crippen LogP contribution in [-0.4, -0.2) is 29.4 Å². The minimum Gasteiger partial charge on any atom is -0.508 e. The van der Waals surface area contributed by atoms with Crippen molar-refractivity contribution in [2.24, 2.45) is 5.73 Å². The number of hydrogen-bond donors (Lipinski definition) is 3. The Labute approximate surface area is 138 Å². The first-order valence-corrected chi connectivity index (χ1v) is 8.12. The van der Waals surface area contributed by atoms with E-state index >= 15 is 0 Å². The molecule has 0 amide bonds. The summed E-state index contributed by atoms with van der Waals surface area (Å²) in [5, 5.41) is 20.7. The van der Waals surface area contributed by atoms with Gasteiger partial charge < -0.3 is 20.8 Å². The molecule has 0 aliphatic rings. The Morgan fingerprint density at radius 3 is 2.26 bits per heavy atom. The number of phenolic OH excluding ortho intramolecular Hbond substituents is 1. The van der Waals surface area contributed by atoms with Crippen LogP contribution in [0.5, 0.6) is 5.75 Å². The zero-order chi connectivity index (χ0) is 16.8. The molecule has 0 saturated carbocycles. The van der Waals surface area contributed by atoms with Gasteiger partial charge in [0.1, 0.15) is 5.75 Å². The molecule has 0 radical (unpaired) electrons. The largest absolute Gasteiger partial charge is 0.508 e. The average molecular weight is 314 g/mol. The van der Waals surface area contributed by atoms with Crippen LogP contribution < -0.4 is 10.6 Å². The molecule has 0 unspecified atom stereocenters. The average Bonchev–Trinajstić information content (AvgIpc) is 2.56. The van der Waals surface area contributed by atoms with Gasteiger partial charge in [-0.1, -0.05) is 36.4 Å². The van der Waals surface area contributed by atoms with Gasteiger partial charge in [0.05, 0.1) is 12.1 Å². The topological polar surface area (TPSA) is 69.7 Å². The van der Waals surface area contributed by atoms with Crippen molar-refractivity contribution in [1.82, 2.24) is 0 Å². The molecule has 124 valence electrons. The molecule has 0 bridgehead atoms. The van der Waals surface area contributed by atoms with E-state index in [0.717, 1.165) is 24.3 Å². The van der Waals surface area contributed by atoms with E-state index in [2.05, 4.69) is 18.7 Å². The summed E-state index contributed by atoms with van der Waals surface area (Å²) in [4.78, 5) is 2.15. The van der Waals surface area contributed by atoms with E-state index < -0.39 is 12.1 Å². The lowest BCUT2D eigenvalue weighted by molar-refractivity contribution is 0.144. The summed E-state index contributed by atoms with van der Waals surface area (Å²) in [6.07, 6.45) is -0.290. The van der Waals surface area contributed by atoms with Gasteiger partial charge in [0.2, 0.25) is 0 Å². The summed E-state index contributed by atoms with van der Waals surface area (Å²) in [7, 11) is 0. The Kier molecular flexibility index (Phi) is 6.02. The fourth-order valence-electron chi connectivity index (χ4n) is 2.79. The molecule has 2 aromatic carbocycles. The zero-order valence-electron chi connectivity index (χ0n) is 13.8. The summed E-state index contributed by atoms with van der Waals surface area (Å²) in [5.74, 6) is 0.133. The summed E-state index contributed by atoms with van der Waals surface area (Å²) < 4.78 is 0. The van der Waals surface area contributed by atoms with Crippen molar-refractivity contribution in [2.45, 2.75) is 32.4 Å². The number of nitrogens with two attached hydrogens (primary N) is 1. The zero-order valence-corrected chi connectivity index (χ0v) is 13.8. The molecule has 0 aliphatic carbocycles. The van der Waals surface area contributed by atoms with Gasteiger partial charge in [0.15, 0.2) is 0 Å². The summed E-state index contributed by atoms with van der Waals surface area (Å²) >= 11 is 0. The van der Waals surface area contributed by atoms with Gasteiger partial charge in [-0.25, -0.2) is 0 Å². The molecule has 0 fully saturated rings. The molecule has 0 aromatic heterocycles. The van der Waals surface area contributed by atoms with Crippen molar-refractivity contribution in [1.29, 1.82) is 0 Å². The summed E-state index contributed by atoms with van der Waals surface area (Å²) in [5.41, 5.74) is 8.71. The van der Waals surface area contributed by atoms with Crippen LogP contribution in [0.2, 0.25) is 0 Å². The third-order valence-corrected chi connectivity index (χ3v) is 4.20. The van der Waals surface area contributed by atoms with Gasteiger partial charge in [-0.3, -0.25) is 0 Å². The predicted molar refractivity (Wildman–Crippen MR) is 94.7 cm³/mol. The van der Waals surface area contributed by atoms with Crippen molar-refractivity contribution in [3.05, 3.63) is 59.7 Å². The highest BCUT2D eigenvalue weighted by Crippen LogP contribution is 2.30. The molecule has 2 atom stereocenters. The van der Waals surface area contributed by atoms with E-state index in [0.29, 0.717) is 12.0 Å². The molecule has 2 rings (SSSR count). The van der Waals surface area contributed by atoms with Crippen LogP contribution in [-0.2, 0) is 6.42 Å². The second kappa shape index (κ2) is 7.99. The van der Waals surface area contributed by atoms with E-state index in [1.54, 1.807) is 6.07 Å². The van der Waals surface area contributed by atoms with Gasteiger partial charge in [0, 0.05) is 36.8 Å². The second-order valence-electron chi connectivity index (χ2n) is 5.70. The van der Waals surface area contributed by atoms with E-state index in [1.807, 2.05) is 42.5 Å². The van der Waals surface area contributed by atoms with Gasteiger partial charge >= 0.3 is 0 Å². The number of hydrogen-bond acceptors (Lipinski definition) is 4. The Bertz CT molecular complexity index is 612. The maximum Gasteiger partial charge on any atom is 0.122 e. The molecule has 0 aliphatic heterocycles. The highest BCUT2D eigenvalue weighted by molar-refractivity contribution is 5.54.